The molecule has 1 aliphatic rings. The van der Waals surface area contributed by atoms with Crippen LogP contribution >= 0.6 is 0 Å². The second-order valence-corrected chi connectivity index (χ2v) is 8.00. The lowest BCUT2D eigenvalue weighted by atomic mass is 10.0. The largest absolute Gasteiger partial charge is 0.378 e. The van der Waals surface area contributed by atoms with E-state index >= 15 is 0 Å². The standard InChI is InChI=1S/C26H23FN4O3/c1-16(32)28-19-11-13-20(14-12-19)29-24-23(17-7-9-18(27)10-8-17)25(33)31(26(24)34)22-6-4-5-21(15-22)30(2)3/h4-15,29H,1-3H3,(H,28,32). The van der Waals surface area contributed by atoms with Crippen molar-refractivity contribution in [1.29, 1.82) is 0 Å². The lowest BCUT2D eigenvalue weighted by Gasteiger charge is -2.19. The fraction of sp³-hybridized carbons (Fsp3) is 0.115. The van der Waals surface area contributed by atoms with E-state index in [1.165, 1.54) is 31.2 Å². The van der Waals surface area contributed by atoms with Crippen molar-refractivity contribution in [2.45, 2.75) is 6.92 Å². The van der Waals surface area contributed by atoms with Crippen LogP contribution in [0.25, 0.3) is 5.57 Å². The Bertz CT molecular complexity index is 1300. The molecule has 0 spiro atoms. The molecule has 0 aromatic heterocycles. The van der Waals surface area contributed by atoms with Gasteiger partial charge in [-0.2, -0.15) is 0 Å². The summed E-state index contributed by atoms with van der Waals surface area (Å²) < 4.78 is 13.6. The molecule has 8 heteroatoms. The number of hydrogen-bond acceptors (Lipinski definition) is 5. The predicted molar refractivity (Wildman–Crippen MR) is 131 cm³/mol. The van der Waals surface area contributed by atoms with Gasteiger partial charge in [0.15, 0.2) is 0 Å². The number of rotatable bonds is 6. The number of benzene rings is 3. The van der Waals surface area contributed by atoms with Crippen LogP contribution in [0, 0.1) is 5.82 Å². The Morgan fingerprint density at radius 3 is 2.15 bits per heavy atom. The molecule has 4 rings (SSSR count). The monoisotopic (exact) mass is 458 g/mol. The second-order valence-electron chi connectivity index (χ2n) is 8.00. The number of hydrogen-bond donors (Lipinski definition) is 2. The molecule has 3 aromatic rings. The third-order valence-electron chi connectivity index (χ3n) is 5.30. The molecule has 0 aliphatic carbocycles. The maximum atomic E-state index is 13.6. The average molecular weight is 458 g/mol. The van der Waals surface area contributed by atoms with Crippen molar-refractivity contribution < 1.29 is 18.8 Å². The van der Waals surface area contributed by atoms with E-state index in [1.807, 2.05) is 25.1 Å². The molecule has 0 atom stereocenters. The van der Waals surface area contributed by atoms with Crippen LogP contribution in [-0.2, 0) is 14.4 Å². The summed E-state index contributed by atoms with van der Waals surface area (Å²) >= 11 is 0. The zero-order valence-corrected chi connectivity index (χ0v) is 18.9. The van der Waals surface area contributed by atoms with Gasteiger partial charge in [-0.25, -0.2) is 9.29 Å². The minimum atomic E-state index is -0.522. The first-order chi connectivity index (χ1) is 16.2. The van der Waals surface area contributed by atoms with E-state index in [1.54, 1.807) is 42.5 Å². The molecule has 0 saturated heterocycles. The van der Waals surface area contributed by atoms with Crippen LogP contribution in [0.4, 0.5) is 27.1 Å². The third-order valence-corrected chi connectivity index (χ3v) is 5.30. The first-order valence-electron chi connectivity index (χ1n) is 10.6. The number of carbonyl (C=O) groups excluding carboxylic acids is 3. The van der Waals surface area contributed by atoms with Gasteiger partial charge in [0, 0.05) is 38.1 Å². The molecule has 172 valence electrons. The van der Waals surface area contributed by atoms with Gasteiger partial charge in [0.2, 0.25) is 5.91 Å². The van der Waals surface area contributed by atoms with E-state index in [2.05, 4.69) is 10.6 Å². The summed E-state index contributed by atoms with van der Waals surface area (Å²) in [6, 6.07) is 19.3. The van der Waals surface area contributed by atoms with Crippen molar-refractivity contribution in [1.82, 2.24) is 0 Å². The molecule has 0 fully saturated rings. The highest BCUT2D eigenvalue weighted by Gasteiger charge is 2.40. The molecule has 3 aromatic carbocycles. The topological polar surface area (TPSA) is 81.8 Å². The Morgan fingerprint density at radius 1 is 0.882 bits per heavy atom. The summed E-state index contributed by atoms with van der Waals surface area (Å²) in [7, 11) is 3.74. The molecule has 0 radical (unpaired) electrons. The van der Waals surface area contributed by atoms with Gasteiger partial charge >= 0.3 is 0 Å². The molecule has 1 aliphatic heterocycles. The van der Waals surface area contributed by atoms with Crippen LogP contribution in [-0.4, -0.2) is 31.8 Å². The molecular formula is C26H23FN4O3. The summed E-state index contributed by atoms with van der Waals surface area (Å²) in [4.78, 5) is 41.3. The first-order valence-corrected chi connectivity index (χ1v) is 10.6. The fourth-order valence-electron chi connectivity index (χ4n) is 3.66. The predicted octanol–water partition coefficient (Wildman–Crippen LogP) is 4.25. The van der Waals surface area contributed by atoms with E-state index in [0.29, 0.717) is 22.6 Å². The van der Waals surface area contributed by atoms with Crippen molar-refractivity contribution in [3.8, 4) is 0 Å². The molecule has 2 N–H and O–H groups in total. The van der Waals surface area contributed by atoms with Crippen molar-refractivity contribution in [3.05, 3.63) is 89.9 Å². The minimum absolute atomic E-state index is 0.0825. The zero-order valence-electron chi connectivity index (χ0n) is 18.9. The van der Waals surface area contributed by atoms with Gasteiger partial charge in [-0.05, 0) is 60.2 Å². The Kier molecular flexibility index (Phi) is 6.14. The highest BCUT2D eigenvalue weighted by atomic mass is 19.1. The van der Waals surface area contributed by atoms with E-state index in [9.17, 15) is 18.8 Å². The summed E-state index contributed by atoms with van der Waals surface area (Å²) in [5.41, 5.74) is 3.05. The number of nitrogens with zero attached hydrogens (tertiary/aromatic N) is 2. The summed E-state index contributed by atoms with van der Waals surface area (Å²) in [6.07, 6.45) is 0. The molecule has 0 bridgehead atoms. The minimum Gasteiger partial charge on any atom is -0.378 e. The first kappa shape index (κ1) is 22.7. The lowest BCUT2D eigenvalue weighted by molar-refractivity contribution is -0.120. The van der Waals surface area contributed by atoms with Gasteiger partial charge in [0.25, 0.3) is 11.8 Å². The van der Waals surface area contributed by atoms with Crippen molar-refractivity contribution >= 4 is 46.0 Å². The number of halogens is 1. The molecule has 3 amide bonds. The summed E-state index contributed by atoms with van der Waals surface area (Å²) in [6.45, 7) is 1.41. The van der Waals surface area contributed by atoms with Gasteiger partial charge in [-0.3, -0.25) is 14.4 Å². The summed E-state index contributed by atoms with van der Waals surface area (Å²) in [5, 5.41) is 5.73. The fourth-order valence-corrected chi connectivity index (χ4v) is 3.66. The van der Waals surface area contributed by atoms with Crippen LogP contribution in [0.15, 0.2) is 78.5 Å². The van der Waals surface area contributed by atoms with Crippen molar-refractivity contribution in [3.63, 3.8) is 0 Å². The number of imide groups is 1. The summed E-state index contributed by atoms with van der Waals surface area (Å²) in [5.74, 6) is -1.68. The Hall–Kier alpha value is -4.46. The van der Waals surface area contributed by atoms with Gasteiger partial charge < -0.3 is 15.5 Å². The van der Waals surface area contributed by atoms with Gasteiger partial charge in [-0.1, -0.05) is 18.2 Å². The van der Waals surface area contributed by atoms with Crippen LogP contribution in [0.1, 0.15) is 12.5 Å². The molecule has 0 unspecified atom stereocenters. The Balaban J connectivity index is 1.75. The van der Waals surface area contributed by atoms with Gasteiger partial charge in [0.05, 0.1) is 11.3 Å². The van der Waals surface area contributed by atoms with E-state index in [-0.39, 0.29) is 17.2 Å². The van der Waals surface area contributed by atoms with E-state index in [4.69, 9.17) is 0 Å². The van der Waals surface area contributed by atoms with E-state index in [0.717, 1.165) is 10.6 Å². The molecule has 1 heterocycles. The number of nitrogens with one attached hydrogen (secondary N) is 2. The van der Waals surface area contributed by atoms with Crippen LogP contribution in [0.5, 0.6) is 0 Å². The zero-order chi connectivity index (χ0) is 24.4. The smallest absolute Gasteiger partial charge is 0.282 e. The average Bonchev–Trinajstić information content (AvgIpc) is 3.04. The van der Waals surface area contributed by atoms with Crippen molar-refractivity contribution in [2.24, 2.45) is 0 Å². The highest BCUT2D eigenvalue weighted by Crippen LogP contribution is 2.35. The Morgan fingerprint density at radius 2 is 1.53 bits per heavy atom. The number of anilines is 4. The Labute approximate surface area is 196 Å². The van der Waals surface area contributed by atoms with Crippen LogP contribution in [0.3, 0.4) is 0 Å². The van der Waals surface area contributed by atoms with Gasteiger partial charge in [-0.15, -0.1) is 0 Å². The number of carbonyl (C=O) groups is 3. The molecular weight excluding hydrogens is 435 g/mol. The quantitative estimate of drug-likeness (QED) is 0.540. The third kappa shape index (κ3) is 4.52. The molecule has 34 heavy (non-hydrogen) atoms. The number of amides is 3. The SMILES string of the molecule is CC(=O)Nc1ccc(NC2=C(c3ccc(F)cc3)C(=O)N(c3cccc(N(C)C)c3)C2=O)cc1. The maximum absolute atomic E-state index is 13.6. The van der Waals surface area contributed by atoms with Gasteiger partial charge in [0.1, 0.15) is 11.5 Å². The second kappa shape index (κ2) is 9.19. The lowest BCUT2D eigenvalue weighted by Crippen LogP contribution is -2.32. The van der Waals surface area contributed by atoms with E-state index < -0.39 is 17.6 Å². The van der Waals surface area contributed by atoms with Crippen molar-refractivity contribution in [2.75, 3.05) is 34.5 Å². The highest BCUT2D eigenvalue weighted by molar-refractivity contribution is 6.46. The maximum Gasteiger partial charge on any atom is 0.282 e. The van der Waals surface area contributed by atoms with Crippen LogP contribution in [0.2, 0.25) is 0 Å². The van der Waals surface area contributed by atoms with Crippen LogP contribution < -0.4 is 20.4 Å². The normalized spacial score (nSPS) is 13.4. The molecule has 0 saturated carbocycles. The molecule has 7 nitrogen and oxygen atoms in total.